The number of nitrogens with zero attached hydrogens (tertiary/aromatic N) is 2. The zero-order valence-corrected chi connectivity index (χ0v) is 87.6. The third kappa shape index (κ3) is 72.6. The van der Waals surface area contributed by atoms with Crippen LogP contribution in [0.25, 0.3) is 0 Å². The molecule has 768 valence electrons. The van der Waals surface area contributed by atoms with Crippen molar-refractivity contribution in [3.05, 3.63) is 102 Å². The Bertz CT molecular complexity index is 3500. The fourth-order valence-electron chi connectivity index (χ4n) is 14.1. The predicted octanol–water partition coefficient (Wildman–Crippen LogP) is 25.3. The van der Waals surface area contributed by atoms with E-state index in [1.807, 2.05) is 37.2 Å². The summed E-state index contributed by atoms with van der Waals surface area (Å²) >= 11 is 0. The van der Waals surface area contributed by atoms with Crippen LogP contribution >= 0.6 is 0 Å². The molecule has 4 aromatic rings. The van der Waals surface area contributed by atoms with Crippen LogP contribution in [-0.4, -0.2) is 120 Å². The molecule has 0 atom stereocenters. The van der Waals surface area contributed by atoms with Crippen molar-refractivity contribution >= 4 is 59.0 Å². The number of hydrogen-bond donors (Lipinski definition) is 5. The van der Waals surface area contributed by atoms with E-state index in [1.165, 1.54) is 422 Å². The first kappa shape index (κ1) is 134. The minimum absolute atomic E-state index is 0. The van der Waals surface area contributed by atoms with Crippen LogP contribution in [0.1, 0.15) is 436 Å². The summed E-state index contributed by atoms with van der Waals surface area (Å²) in [7, 11) is -40.6. The van der Waals surface area contributed by atoms with Gasteiger partial charge in [-0.25, -0.2) is 15.0 Å². The number of H-pyrrole nitrogens is 5. The van der Waals surface area contributed by atoms with Crippen molar-refractivity contribution in [2.45, 2.75) is 461 Å². The maximum atomic E-state index is 12.0. The van der Waals surface area contributed by atoms with Gasteiger partial charge in [0.1, 0.15) is 18.2 Å². The Morgan fingerprint density at radius 3 is 0.679 bits per heavy atom. The van der Waals surface area contributed by atoms with E-state index in [-0.39, 0.29) is 51.4 Å². The van der Waals surface area contributed by atoms with Gasteiger partial charge in [0, 0.05) is 61.5 Å². The van der Waals surface area contributed by atoms with E-state index < -0.39 is 106 Å². The van der Waals surface area contributed by atoms with Gasteiger partial charge in [0.15, 0.2) is 39.3 Å². The van der Waals surface area contributed by atoms with Crippen LogP contribution in [-0.2, 0) is 84.7 Å². The van der Waals surface area contributed by atoms with E-state index in [4.69, 9.17) is 15.3 Å². The van der Waals surface area contributed by atoms with Crippen LogP contribution in [0.5, 0.6) is 0 Å². The quantitative estimate of drug-likeness (QED) is 0.00684. The van der Waals surface area contributed by atoms with E-state index in [0.717, 1.165) is 12.2 Å². The van der Waals surface area contributed by atoms with Crippen LogP contribution in [0.4, 0.5) is 52.7 Å². The fraction of sp³-hybridized carbons (Fsp3) is 0.822. The van der Waals surface area contributed by atoms with E-state index >= 15 is 0 Å². The second-order valence-electron chi connectivity index (χ2n) is 33.4. The van der Waals surface area contributed by atoms with Crippen LogP contribution in [0.2, 0.25) is 0 Å². The molecule has 41 heteroatoms. The van der Waals surface area contributed by atoms with Crippen LogP contribution in [0.15, 0.2) is 61.4 Å². The zero-order chi connectivity index (χ0) is 98.6. The summed E-state index contributed by atoms with van der Waals surface area (Å²) in [6, 6.07) is 8.59. The Labute approximate surface area is 822 Å². The summed E-state index contributed by atoms with van der Waals surface area (Å²) in [5.41, 5.74) is -23.3. The number of imidazole rings is 2. The van der Waals surface area contributed by atoms with Crippen molar-refractivity contribution in [1.29, 1.82) is 0 Å². The van der Waals surface area contributed by atoms with Crippen LogP contribution in [0, 0.1) is 17.9 Å². The zero-order valence-electron chi connectivity index (χ0n) is 79.6. The number of alkyl halides is 12. The summed E-state index contributed by atoms with van der Waals surface area (Å²) < 4.78 is 265. The van der Waals surface area contributed by atoms with Gasteiger partial charge in [0.25, 0.3) is 10.9 Å². The topological polar surface area (TPSA) is 358 Å². The van der Waals surface area contributed by atoms with Gasteiger partial charge in [0.2, 0.25) is 0 Å². The van der Waals surface area contributed by atoms with Crippen molar-refractivity contribution in [3.63, 3.8) is 0 Å². The van der Waals surface area contributed by atoms with E-state index in [1.54, 1.807) is 0 Å². The van der Waals surface area contributed by atoms with E-state index in [9.17, 15) is 103 Å². The first-order chi connectivity index (χ1) is 61.2. The first-order valence-electron chi connectivity index (χ1n) is 47.7. The van der Waals surface area contributed by atoms with Crippen molar-refractivity contribution in [2.75, 3.05) is 12.5 Å². The number of aromatic nitrogens is 6. The Morgan fingerprint density at radius 1 is 0.321 bits per heavy atom. The average molecular weight is 2040 g/mol. The molecule has 0 aliphatic heterocycles. The minimum Gasteiger partial charge on any atom is -0.365 e. The van der Waals surface area contributed by atoms with Gasteiger partial charge in [0.05, 0.1) is 27.5 Å². The maximum Gasteiger partial charge on any atom is 1.00 e. The molecule has 6 N–H and O–H groups in total. The third-order valence-corrected chi connectivity index (χ3v) is 35.6. The Hall–Kier alpha value is -3.32. The van der Waals surface area contributed by atoms with Crippen LogP contribution < -0.4 is 56.4 Å². The van der Waals surface area contributed by atoms with Gasteiger partial charge in [-0.3, -0.25) is 50.5 Å². The number of aryl methyl sites for hydroxylation is 4. The molecular weight excluding hydrogens is 1880 g/mol. The SMILES string of the molecule is CCCCCCCCCCCCCCCCCc1[nH]cc[nH+]1.CCCCCCCCCCCCCCCCCc1ccc[nH]1.CCCCCCCCCCCCCCCCCc1ccc[nH]1.CCCCCCCCCCCCCCCCCc1ncc[nH]1.CS(=O)(=O)[C-](S(=O)(=O)C(F)(F)F)S(=O)(=O)C(F)(F)F.CS(=O)(=O)[C-](S(=O)(=O)C(F)(F)F)S(=O)(=O)C(F)(F)F.O=[N+]([O-])O.[K+]. The number of unbranched alkanes of at least 4 members (excludes halogenated alkanes) is 56. The third-order valence-electron chi connectivity index (χ3n) is 21.3. The number of rotatable bonds is 70. The van der Waals surface area contributed by atoms with Gasteiger partial charge in [-0.05, 0) is 62.8 Å². The van der Waals surface area contributed by atoms with E-state index in [0.29, 0.717) is 0 Å². The molecule has 4 rings (SSSR count). The molecule has 0 radical (unpaired) electrons. The van der Waals surface area contributed by atoms with Gasteiger partial charge >= 0.3 is 73.4 Å². The minimum atomic E-state index is -7.22. The summed E-state index contributed by atoms with van der Waals surface area (Å²) in [6.07, 6.45) is 102. The second-order valence-corrected chi connectivity index (χ2v) is 46.4. The molecule has 0 unspecified atom stereocenters. The van der Waals surface area contributed by atoms with Gasteiger partial charge in [-0.15, -0.1) is 10.1 Å². The summed E-state index contributed by atoms with van der Waals surface area (Å²) in [4.78, 5) is 28.8. The van der Waals surface area contributed by atoms with Crippen LogP contribution in [0.3, 0.4) is 0 Å². The van der Waals surface area contributed by atoms with Gasteiger partial charge < -0.3 is 20.2 Å². The molecule has 0 amide bonds. The number of aromatic amines is 5. The molecule has 0 saturated carbocycles. The van der Waals surface area contributed by atoms with Crippen molar-refractivity contribution in [2.24, 2.45) is 0 Å². The van der Waals surface area contributed by atoms with Crippen molar-refractivity contribution in [1.82, 2.24) is 24.9 Å². The molecule has 4 heterocycles. The predicted molar refractivity (Wildman–Crippen MR) is 497 cm³/mol. The average Bonchev–Trinajstić information content (AvgIpc) is 0.996. The molecular formula is C90H162F12KN7O15S6. The largest absolute Gasteiger partial charge is 1.00 e. The Kier molecular flexibility index (Phi) is 82.3. The molecule has 0 bridgehead atoms. The summed E-state index contributed by atoms with van der Waals surface area (Å²) in [5, 5.41) is 13.6. The summed E-state index contributed by atoms with van der Waals surface area (Å²) in [5.74, 6) is 2.42. The first-order valence-corrected chi connectivity index (χ1v) is 57.4. The van der Waals surface area contributed by atoms with Crippen molar-refractivity contribution < 1.29 is 170 Å². The Morgan fingerprint density at radius 2 is 0.519 bits per heavy atom. The van der Waals surface area contributed by atoms with Gasteiger partial charge in [-0.1, -0.05) is 387 Å². The van der Waals surface area contributed by atoms with Gasteiger partial charge in [-0.2, -0.15) is 52.7 Å². The molecule has 0 aromatic carbocycles. The second kappa shape index (κ2) is 80.5. The molecule has 4 aromatic heterocycles. The Balaban J connectivity index is -0.000000732. The number of halogens is 12. The fourth-order valence-corrected chi connectivity index (χ4v) is 25.8. The molecule has 0 spiro atoms. The monoisotopic (exact) mass is 2040 g/mol. The number of hydrogen-bond acceptors (Lipinski definition) is 15. The molecule has 0 aliphatic rings. The number of sulfone groups is 6. The molecule has 0 aliphatic carbocycles. The van der Waals surface area contributed by atoms with Crippen molar-refractivity contribution in [3.8, 4) is 0 Å². The standard InChI is InChI=1S/2C21H39N.2C20H38N2.2C4H3F6O6S3.K.HNO3/c2*1-2-3-4-5-6-7-8-9-10-11-12-13-14-15-16-18-21-19-17-20-22-21;2*1-2-3-4-5-6-7-8-9-10-11-12-13-14-15-16-17-20-21-18-19-22-20;2*1-17(11,12)2(18(13,14)3(5,6)7)19(15,16)4(8,9)10;;2-1(3)4/h2*17,19-20,22H,2-16,18H2,1H3;2*18-19H,2-17H2,1H3,(H,21,22);2*1H3;;(H,2,3,4)/q;;;;2*-1;+1;/p+1. The maximum absolute atomic E-state index is 12.0. The van der Waals surface area contributed by atoms with E-state index in [2.05, 4.69) is 81.9 Å². The molecule has 22 nitrogen and oxygen atoms in total. The summed E-state index contributed by atoms with van der Waals surface area (Å²) in [6.45, 7) is 9.17. The molecule has 0 fully saturated rings. The molecule has 0 saturated heterocycles. The normalized spacial score (nSPS) is 12.2. The number of nitrogens with one attached hydrogen (secondary N) is 5. The smallest absolute Gasteiger partial charge is 0.365 e. The molecule has 131 heavy (non-hydrogen) atoms.